The van der Waals surface area contributed by atoms with Crippen molar-refractivity contribution in [3.63, 3.8) is 0 Å². The number of esters is 1. The molecular weight excluding hydrogens is 343 g/mol. The van der Waals surface area contributed by atoms with Crippen LogP contribution in [0, 0.1) is 5.82 Å². The average Bonchev–Trinajstić information content (AvgIpc) is 2.60. The normalized spacial score (nSPS) is 15.8. The van der Waals surface area contributed by atoms with E-state index >= 15 is 0 Å². The lowest BCUT2D eigenvalue weighted by molar-refractivity contribution is -0.123. The lowest BCUT2D eigenvalue weighted by Crippen LogP contribution is -2.40. The van der Waals surface area contributed by atoms with E-state index < -0.39 is 39.9 Å². The minimum atomic E-state index is -3.87. The molecule has 8 nitrogen and oxygen atoms in total. The summed E-state index contributed by atoms with van der Waals surface area (Å²) in [5.41, 5.74) is -0.548. The maximum Gasteiger partial charge on any atom is 0.341 e. The molecule has 2 rings (SSSR count). The van der Waals surface area contributed by atoms with Crippen molar-refractivity contribution in [2.45, 2.75) is 4.90 Å². The van der Waals surface area contributed by atoms with Crippen molar-refractivity contribution in [1.82, 2.24) is 9.62 Å². The molecule has 1 amide bonds. The van der Waals surface area contributed by atoms with Crippen LogP contribution in [0.3, 0.4) is 0 Å². The monoisotopic (exact) mass is 360 g/mol. The van der Waals surface area contributed by atoms with Crippen LogP contribution in [0.4, 0.5) is 4.39 Å². The number of morpholine rings is 1. The van der Waals surface area contributed by atoms with Crippen LogP contribution in [0.5, 0.6) is 0 Å². The number of nitrogens with zero attached hydrogens (tertiary/aromatic N) is 1. The maximum absolute atomic E-state index is 13.8. The summed E-state index contributed by atoms with van der Waals surface area (Å²) in [7, 11) is -2.52. The summed E-state index contributed by atoms with van der Waals surface area (Å²) in [5.74, 6) is -2.62. The van der Waals surface area contributed by atoms with Crippen molar-refractivity contribution < 1.29 is 31.9 Å². The molecule has 1 saturated heterocycles. The smallest absolute Gasteiger partial charge is 0.341 e. The first kappa shape index (κ1) is 18.3. The number of nitrogens with one attached hydrogen (secondary N) is 1. The third kappa shape index (κ3) is 4.08. The molecule has 0 bridgehead atoms. The van der Waals surface area contributed by atoms with E-state index in [1.54, 1.807) is 0 Å². The van der Waals surface area contributed by atoms with E-state index in [9.17, 15) is 22.4 Å². The van der Waals surface area contributed by atoms with Gasteiger partial charge in [-0.1, -0.05) is 0 Å². The van der Waals surface area contributed by atoms with E-state index in [0.29, 0.717) is 0 Å². The van der Waals surface area contributed by atoms with Crippen molar-refractivity contribution in [2.75, 3.05) is 40.0 Å². The summed E-state index contributed by atoms with van der Waals surface area (Å²) in [5, 5.41) is 2.24. The number of benzene rings is 1. The highest BCUT2D eigenvalue weighted by atomic mass is 32.2. The third-order valence-corrected chi connectivity index (χ3v) is 5.27. The maximum atomic E-state index is 13.8. The molecule has 1 fully saturated rings. The van der Waals surface area contributed by atoms with Crippen LogP contribution in [0.1, 0.15) is 10.4 Å². The molecule has 1 aliphatic rings. The molecule has 0 aromatic heterocycles. The highest BCUT2D eigenvalue weighted by Gasteiger charge is 2.28. The van der Waals surface area contributed by atoms with Gasteiger partial charge in [-0.3, -0.25) is 4.79 Å². The molecule has 132 valence electrons. The van der Waals surface area contributed by atoms with E-state index in [2.05, 4.69) is 10.1 Å². The van der Waals surface area contributed by atoms with Crippen LogP contribution in [-0.4, -0.2) is 64.6 Å². The predicted octanol–water partition coefficient (Wildman–Crippen LogP) is -0.251. The zero-order chi connectivity index (χ0) is 17.7. The number of halogens is 1. The minimum Gasteiger partial charge on any atom is -0.452 e. The topological polar surface area (TPSA) is 102 Å². The Kier molecular flexibility index (Phi) is 5.86. The Balaban J connectivity index is 2.24. The molecule has 0 atom stereocenters. The van der Waals surface area contributed by atoms with Gasteiger partial charge in [0, 0.05) is 20.1 Å². The van der Waals surface area contributed by atoms with Crippen molar-refractivity contribution in [2.24, 2.45) is 0 Å². The van der Waals surface area contributed by atoms with Crippen molar-refractivity contribution >= 4 is 21.9 Å². The Hall–Kier alpha value is -2.04. The molecule has 0 aliphatic carbocycles. The van der Waals surface area contributed by atoms with Crippen molar-refractivity contribution in [1.29, 1.82) is 0 Å². The number of likely N-dealkylation sites (N-methyl/N-ethyl adjacent to an activating group) is 1. The van der Waals surface area contributed by atoms with Crippen molar-refractivity contribution in [3.8, 4) is 0 Å². The zero-order valence-electron chi connectivity index (χ0n) is 13.0. The van der Waals surface area contributed by atoms with Crippen LogP contribution < -0.4 is 5.32 Å². The second-order valence-corrected chi connectivity index (χ2v) is 6.85. The lowest BCUT2D eigenvalue weighted by atomic mass is 10.2. The van der Waals surface area contributed by atoms with E-state index in [4.69, 9.17) is 4.74 Å². The number of amides is 1. The van der Waals surface area contributed by atoms with E-state index in [1.165, 1.54) is 11.4 Å². The number of carbonyl (C=O) groups is 2. The highest BCUT2D eigenvalue weighted by Crippen LogP contribution is 2.20. The molecule has 0 unspecified atom stereocenters. The molecule has 1 aliphatic heterocycles. The van der Waals surface area contributed by atoms with Gasteiger partial charge >= 0.3 is 5.97 Å². The van der Waals surface area contributed by atoms with Crippen LogP contribution in [0.15, 0.2) is 23.1 Å². The van der Waals surface area contributed by atoms with Gasteiger partial charge < -0.3 is 14.8 Å². The molecule has 1 aromatic rings. The van der Waals surface area contributed by atoms with Gasteiger partial charge in [0.05, 0.1) is 23.7 Å². The van der Waals surface area contributed by atoms with Gasteiger partial charge in [0.2, 0.25) is 10.0 Å². The van der Waals surface area contributed by atoms with E-state index in [1.807, 2.05) is 0 Å². The van der Waals surface area contributed by atoms with Gasteiger partial charge in [0.1, 0.15) is 5.82 Å². The molecular formula is C14H17FN2O6S. The number of hydrogen-bond acceptors (Lipinski definition) is 6. The van der Waals surface area contributed by atoms with Crippen LogP contribution in [0.2, 0.25) is 0 Å². The second-order valence-electron chi connectivity index (χ2n) is 4.91. The van der Waals surface area contributed by atoms with Gasteiger partial charge in [-0.05, 0) is 18.2 Å². The number of ether oxygens (including phenoxy) is 2. The summed E-state index contributed by atoms with van der Waals surface area (Å²) in [6.07, 6.45) is 0. The Morgan fingerprint density at radius 2 is 2.00 bits per heavy atom. The molecule has 0 radical (unpaired) electrons. The van der Waals surface area contributed by atoms with Crippen LogP contribution in [0.25, 0.3) is 0 Å². The molecule has 10 heteroatoms. The Bertz CT molecular complexity index is 731. The molecule has 24 heavy (non-hydrogen) atoms. The van der Waals surface area contributed by atoms with Gasteiger partial charge in [-0.15, -0.1) is 0 Å². The lowest BCUT2D eigenvalue weighted by Gasteiger charge is -2.26. The van der Waals surface area contributed by atoms with Gasteiger partial charge in [-0.25, -0.2) is 17.6 Å². The number of rotatable bonds is 5. The van der Waals surface area contributed by atoms with E-state index in [0.717, 1.165) is 18.2 Å². The summed E-state index contributed by atoms with van der Waals surface area (Å²) in [6.45, 7) is 0.296. The first-order valence-corrected chi connectivity index (χ1v) is 8.55. The zero-order valence-corrected chi connectivity index (χ0v) is 13.8. The average molecular weight is 360 g/mol. The van der Waals surface area contributed by atoms with Gasteiger partial charge in [-0.2, -0.15) is 4.31 Å². The Morgan fingerprint density at radius 1 is 1.33 bits per heavy atom. The summed E-state index contributed by atoms with van der Waals surface area (Å²) < 4.78 is 49.8. The fraction of sp³-hybridized carbons (Fsp3) is 0.429. The van der Waals surface area contributed by atoms with Crippen LogP contribution >= 0.6 is 0 Å². The molecule has 1 heterocycles. The second kappa shape index (κ2) is 7.69. The largest absolute Gasteiger partial charge is 0.452 e. The minimum absolute atomic E-state index is 0.177. The Labute approximate surface area is 138 Å². The summed E-state index contributed by atoms with van der Waals surface area (Å²) >= 11 is 0. The molecule has 0 spiro atoms. The molecule has 1 N–H and O–H groups in total. The van der Waals surface area contributed by atoms with Gasteiger partial charge in [0.25, 0.3) is 5.91 Å². The van der Waals surface area contributed by atoms with Crippen LogP contribution in [-0.2, 0) is 24.3 Å². The number of sulfonamides is 1. The van der Waals surface area contributed by atoms with E-state index in [-0.39, 0.29) is 31.2 Å². The Morgan fingerprint density at radius 3 is 2.62 bits per heavy atom. The fourth-order valence-corrected chi connectivity index (χ4v) is 3.47. The molecule has 0 saturated carbocycles. The van der Waals surface area contributed by atoms with Crippen molar-refractivity contribution in [3.05, 3.63) is 29.6 Å². The summed E-state index contributed by atoms with van der Waals surface area (Å²) in [4.78, 5) is 22.7. The number of hydrogen-bond donors (Lipinski definition) is 1. The first-order chi connectivity index (χ1) is 11.4. The highest BCUT2D eigenvalue weighted by molar-refractivity contribution is 7.89. The SMILES string of the molecule is CNC(=O)COC(=O)c1cc(S(=O)(=O)N2CCOCC2)ccc1F. The summed E-state index contributed by atoms with van der Waals surface area (Å²) in [6, 6.07) is 2.87. The van der Waals surface area contributed by atoms with Gasteiger partial charge in [0.15, 0.2) is 6.61 Å². The third-order valence-electron chi connectivity index (χ3n) is 3.38. The number of carbonyl (C=O) groups excluding carboxylic acids is 2. The fourth-order valence-electron chi connectivity index (χ4n) is 2.04. The first-order valence-electron chi connectivity index (χ1n) is 7.11. The standard InChI is InChI=1S/C14H17FN2O6S/c1-16-13(18)9-23-14(19)11-8-10(2-3-12(11)15)24(20,21)17-4-6-22-7-5-17/h2-3,8H,4-7,9H2,1H3,(H,16,18). The predicted molar refractivity (Wildman–Crippen MR) is 80.3 cm³/mol. The quantitative estimate of drug-likeness (QED) is 0.727. The molecule has 1 aromatic carbocycles.